The second kappa shape index (κ2) is 11.5. The minimum absolute atomic E-state index is 0.201. The van der Waals surface area contributed by atoms with Gasteiger partial charge in [0, 0.05) is 35.8 Å². The predicted molar refractivity (Wildman–Crippen MR) is 144 cm³/mol. The Morgan fingerprint density at radius 3 is 2.57 bits per heavy atom. The van der Waals surface area contributed by atoms with Gasteiger partial charge in [0.25, 0.3) is 5.91 Å². The molecule has 0 unspecified atom stereocenters. The van der Waals surface area contributed by atoms with Gasteiger partial charge < -0.3 is 14.5 Å². The molecule has 9 heteroatoms. The number of carbonyl (C=O) groups excluding carboxylic acids is 1. The Kier molecular flexibility index (Phi) is 8.34. The molecule has 0 radical (unpaired) electrons. The normalized spacial score (nSPS) is 14.6. The minimum Gasteiger partial charge on any atom is -0.483 e. The summed E-state index contributed by atoms with van der Waals surface area (Å²) in [6, 6.07) is 10.0. The van der Waals surface area contributed by atoms with E-state index in [9.17, 15) is 18.0 Å². The van der Waals surface area contributed by atoms with Crippen LogP contribution in [0.15, 0.2) is 50.5 Å². The van der Waals surface area contributed by atoms with E-state index >= 15 is 0 Å². The highest BCUT2D eigenvalue weighted by Crippen LogP contribution is 2.29. The number of piperidine rings is 1. The van der Waals surface area contributed by atoms with Crippen molar-refractivity contribution < 1.29 is 22.4 Å². The second-order valence-electron chi connectivity index (χ2n) is 9.54. The van der Waals surface area contributed by atoms with Gasteiger partial charge in [0.05, 0.1) is 4.90 Å². The summed E-state index contributed by atoms with van der Waals surface area (Å²) < 4.78 is 39.1. The first-order valence-electron chi connectivity index (χ1n) is 12.8. The van der Waals surface area contributed by atoms with Gasteiger partial charge in [0.1, 0.15) is 11.3 Å². The number of sulfonamides is 1. The van der Waals surface area contributed by atoms with Crippen molar-refractivity contribution in [1.82, 2.24) is 4.31 Å². The number of hydrogen-bond donors (Lipinski definition) is 1. The zero-order valence-corrected chi connectivity index (χ0v) is 22.4. The number of ether oxygens (including phenoxy) is 1. The van der Waals surface area contributed by atoms with E-state index in [1.807, 2.05) is 6.07 Å². The lowest BCUT2D eigenvalue weighted by molar-refractivity contribution is -0.118. The van der Waals surface area contributed by atoms with Crippen molar-refractivity contribution in [3.05, 3.63) is 63.5 Å². The van der Waals surface area contributed by atoms with Crippen LogP contribution in [0.25, 0.3) is 11.0 Å². The van der Waals surface area contributed by atoms with Crippen LogP contribution < -0.4 is 15.7 Å². The van der Waals surface area contributed by atoms with Crippen molar-refractivity contribution >= 4 is 32.6 Å². The standard InChI is InChI=1S/C28H34N2O6S/c1-4-5-9-21-16-27(32)36-28-20(3)24(13-12-23(21)28)35-18-26(31)29-22-11-10-19(2)25(17-22)37(33,34)30-14-7-6-8-15-30/h10-13,16-17H,4-9,14-15,18H2,1-3H3,(H,29,31). The Morgan fingerprint density at radius 1 is 1.08 bits per heavy atom. The Morgan fingerprint density at radius 2 is 1.84 bits per heavy atom. The first-order valence-corrected chi connectivity index (χ1v) is 14.2. The fraction of sp³-hybridized carbons (Fsp3) is 0.429. The quantitative estimate of drug-likeness (QED) is 0.396. The number of aryl methyl sites for hydroxylation is 3. The second-order valence-corrected chi connectivity index (χ2v) is 11.4. The molecule has 0 spiro atoms. The third-order valence-corrected chi connectivity index (χ3v) is 8.80. The number of fused-ring (bicyclic) bond motifs is 1. The fourth-order valence-corrected chi connectivity index (χ4v) is 6.45. The largest absolute Gasteiger partial charge is 0.483 e. The van der Waals surface area contributed by atoms with E-state index in [1.165, 1.54) is 16.4 Å². The predicted octanol–water partition coefficient (Wildman–Crippen LogP) is 4.94. The van der Waals surface area contributed by atoms with Crippen molar-refractivity contribution in [2.24, 2.45) is 0 Å². The summed E-state index contributed by atoms with van der Waals surface area (Å²) in [4.78, 5) is 25.0. The zero-order chi connectivity index (χ0) is 26.6. The Bertz CT molecular complexity index is 1460. The molecule has 3 aromatic rings. The fourth-order valence-electron chi connectivity index (χ4n) is 4.68. The molecule has 37 heavy (non-hydrogen) atoms. The van der Waals surface area contributed by atoms with Crippen LogP contribution in [0.5, 0.6) is 5.75 Å². The van der Waals surface area contributed by atoms with Gasteiger partial charge >= 0.3 is 5.63 Å². The van der Waals surface area contributed by atoms with Crippen LogP contribution in [0, 0.1) is 13.8 Å². The van der Waals surface area contributed by atoms with Crippen LogP contribution in [0.2, 0.25) is 0 Å². The molecule has 0 bridgehead atoms. The summed E-state index contributed by atoms with van der Waals surface area (Å²) in [6.07, 6.45) is 5.50. The maximum atomic E-state index is 13.2. The average Bonchev–Trinajstić information content (AvgIpc) is 2.88. The topological polar surface area (TPSA) is 106 Å². The van der Waals surface area contributed by atoms with Crippen molar-refractivity contribution in [1.29, 1.82) is 0 Å². The Labute approximate surface area is 217 Å². The van der Waals surface area contributed by atoms with Crippen molar-refractivity contribution in [3.63, 3.8) is 0 Å². The molecule has 0 atom stereocenters. The van der Waals surface area contributed by atoms with Crippen LogP contribution in [-0.2, 0) is 21.2 Å². The third kappa shape index (κ3) is 6.05. The highest BCUT2D eigenvalue weighted by atomic mass is 32.2. The van der Waals surface area contributed by atoms with E-state index in [0.717, 1.165) is 49.5 Å². The maximum Gasteiger partial charge on any atom is 0.336 e. The van der Waals surface area contributed by atoms with Gasteiger partial charge in [0.2, 0.25) is 10.0 Å². The lowest BCUT2D eigenvalue weighted by Gasteiger charge is -2.26. The van der Waals surface area contributed by atoms with Gasteiger partial charge in [-0.2, -0.15) is 4.31 Å². The van der Waals surface area contributed by atoms with E-state index < -0.39 is 21.6 Å². The van der Waals surface area contributed by atoms with E-state index in [4.69, 9.17) is 9.15 Å². The average molecular weight is 527 g/mol. The number of amides is 1. The molecular weight excluding hydrogens is 492 g/mol. The lowest BCUT2D eigenvalue weighted by Crippen LogP contribution is -2.36. The number of anilines is 1. The van der Waals surface area contributed by atoms with Crippen LogP contribution >= 0.6 is 0 Å². The molecule has 198 valence electrons. The molecule has 1 fully saturated rings. The SMILES string of the molecule is CCCCc1cc(=O)oc2c(C)c(OCC(=O)Nc3ccc(C)c(S(=O)(=O)N4CCCCC4)c3)ccc12. The first-order chi connectivity index (χ1) is 17.7. The third-order valence-electron chi connectivity index (χ3n) is 6.76. The molecule has 0 saturated carbocycles. The Hall–Kier alpha value is -3.17. The Balaban J connectivity index is 1.48. The van der Waals surface area contributed by atoms with Crippen molar-refractivity contribution in [2.75, 3.05) is 25.0 Å². The van der Waals surface area contributed by atoms with Gasteiger partial charge in [-0.25, -0.2) is 13.2 Å². The van der Waals surface area contributed by atoms with Gasteiger partial charge in [-0.1, -0.05) is 25.8 Å². The molecular formula is C28H34N2O6S. The molecule has 1 aliphatic heterocycles. The molecule has 0 aliphatic carbocycles. The number of nitrogens with zero attached hydrogens (tertiary/aromatic N) is 1. The number of rotatable bonds is 9. The lowest BCUT2D eigenvalue weighted by atomic mass is 10.0. The summed E-state index contributed by atoms with van der Waals surface area (Å²) in [5, 5.41) is 3.60. The van der Waals surface area contributed by atoms with Crippen LogP contribution in [0.1, 0.15) is 55.7 Å². The zero-order valence-electron chi connectivity index (χ0n) is 21.6. The van der Waals surface area contributed by atoms with Gasteiger partial charge in [-0.3, -0.25) is 4.79 Å². The van der Waals surface area contributed by atoms with Crippen molar-refractivity contribution in [2.45, 2.75) is 64.2 Å². The van der Waals surface area contributed by atoms with Crippen LogP contribution in [0.3, 0.4) is 0 Å². The molecule has 1 aromatic heterocycles. The molecule has 1 aliphatic rings. The van der Waals surface area contributed by atoms with Gasteiger partial charge in [0.15, 0.2) is 6.61 Å². The van der Waals surface area contributed by atoms with Crippen LogP contribution in [0.4, 0.5) is 5.69 Å². The highest BCUT2D eigenvalue weighted by Gasteiger charge is 2.27. The molecule has 4 rings (SSSR count). The monoisotopic (exact) mass is 526 g/mol. The molecule has 2 aromatic carbocycles. The number of nitrogens with one attached hydrogen (secondary N) is 1. The maximum absolute atomic E-state index is 13.2. The van der Waals surface area contributed by atoms with E-state index in [-0.39, 0.29) is 11.5 Å². The summed E-state index contributed by atoms with van der Waals surface area (Å²) in [6.45, 7) is 6.38. The van der Waals surface area contributed by atoms with E-state index in [1.54, 1.807) is 32.0 Å². The van der Waals surface area contributed by atoms with Gasteiger partial charge in [-0.05, 0) is 74.9 Å². The smallest absolute Gasteiger partial charge is 0.336 e. The molecule has 8 nitrogen and oxygen atoms in total. The number of benzene rings is 2. The summed E-state index contributed by atoms with van der Waals surface area (Å²) in [5.41, 5.74) is 2.65. The van der Waals surface area contributed by atoms with Gasteiger partial charge in [-0.15, -0.1) is 0 Å². The first kappa shape index (κ1) is 26.9. The number of carbonyl (C=O) groups is 1. The molecule has 1 saturated heterocycles. The van der Waals surface area contributed by atoms with E-state index in [2.05, 4.69) is 12.2 Å². The summed E-state index contributed by atoms with van der Waals surface area (Å²) >= 11 is 0. The molecule has 1 N–H and O–H groups in total. The minimum atomic E-state index is -3.63. The summed E-state index contributed by atoms with van der Waals surface area (Å²) in [5.74, 6) is 0.0125. The van der Waals surface area contributed by atoms with Crippen LogP contribution in [-0.4, -0.2) is 38.3 Å². The highest BCUT2D eigenvalue weighted by molar-refractivity contribution is 7.89. The summed E-state index contributed by atoms with van der Waals surface area (Å²) in [7, 11) is -3.63. The molecule has 2 heterocycles. The number of unbranched alkanes of at least 4 members (excludes halogenated alkanes) is 1. The van der Waals surface area contributed by atoms with Crippen molar-refractivity contribution in [3.8, 4) is 5.75 Å². The van der Waals surface area contributed by atoms with E-state index in [0.29, 0.717) is 41.2 Å². The number of hydrogen-bond acceptors (Lipinski definition) is 6. The molecule has 1 amide bonds.